The molecule has 19 heavy (non-hydrogen) atoms. The van der Waals surface area contributed by atoms with Crippen molar-refractivity contribution >= 4 is 11.9 Å². The number of amides is 1. The highest BCUT2D eigenvalue weighted by atomic mass is 19.1. The summed E-state index contributed by atoms with van der Waals surface area (Å²) >= 11 is 0. The second-order valence-electron chi connectivity index (χ2n) is 4.20. The minimum absolute atomic E-state index is 0.194. The molecule has 0 aliphatic rings. The van der Waals surface area contributed by atoms with E-state index >= 15 is 0 Å². The van der Waals surface area contributed by atoms with Gasteiger partial charge in [0, 0.05) is 7.11 Å². The smallest absolute Gasteiger partial charge is 0.335 e. The summed E-state index contributed by atoms with van der Waals surface area (Å²) in [5, 5.41) is 11.3. The van der Waals surface area contributed by atoms with Crippen LogP contribution >= 0.6 is 0 Å². The van der Waals surface area contributed by atoms with Crippen LogP contribution in [0.3, 0.4) is 0 Å². The van der Waals surface area contributed by atoms with Crippen LogP contribution in [0.25, 0.3) is 0 Å². The molecule has 0 heterocycles. The first-order chi connectivity index (χ1) is 8.86. The van der Waals surface area contributed by atoms with E-state index < -0.39 is 17.7 Å². The van der Waals surface area contributed by atoms with E-state index in [0.29, 0.717) is 0 Å². The first-order valence-electron chi connectivity index (χ1n) is 5.73. The van der Waals surface area contributed by atoms with Gasteiger partial charge in [-0.25, -0.2) is 9.18 Å². The quantitative estimate of drug-likeness (QED) is 0.852. The van der Waals surface area contributed by atoms with E-state index in [2.05, 4.69) is 5.32 Å². The Balaban J connectivity index is 2.86. The average molecular weight is 269 g/mol. The van der Waals surface area contributed by atoms with Crippen LogP contribution in [-0.4, -0.2) is 36.2 Å². The Morgan fingerprint density at radius 3 is 2.47 bits per heavy atom. The average Bonchev–Trinajstić information content (AvgIpc) is 2.37. The lowest BCUT2D eigenvalue weighted by molar-refractivity contribution is 0.0693. The van der Waals surface area contributed by atoms with Crippen molar-refractivity contribution in [3.8, 4) is 0 Å². The van der Waals surface area contributed by atoms with Crippen molar-refractivity contribution in [2.75, 3.05) is 7.11 Å². The Kier molecular flexibility index (Phi) is 5.00. The molecule has 0 spiro atoms. The number of carboxylic acids is 1. The highest BCUT2D eigenvalue weighted by Crippen LogP contribution is 2.11. The summed E-state index contributed by atoms with van der Waals surface area (Å²) in [4.78, 5) is 22.5. The second kappa shape index (κ2) is 6.29. The lowest BCUT2D eigenvalue weighted by Gasteiger charge is -2.20. The summed E-state index contributed by atoms with van der Waals surface area (Å²) in [7, 11) is 1.51. The zero-order chi connectivity index (χ0) is 14.6. The highest BCUT2D eigenvalue weighted by molar-refractivity contribution is 5.96. The number of carboxylic acid groups (broad SMARTS) is 1. The lowest BCUT2D eigenvalue weighted by atomic mass is 10.1. The van der Waals surface area contributed by atoms with Gasteiger partial charge in [-0.3, -0.25) is 4.79 Å². The van der Waals surface area contributed by atoms with Gasteiger partial charge in [0.05, 0.1) is 23.3 Å². The topological polar surface area (TPSA) is 75.6 Å². The van der Waals surface area contributed by atoms with Crippen molar-refractivity contribution in [3.05, 3.63) is 35.1 Å². The maximum atomic E-state index is 13.6. The van der Waals surface area contributed by atoms with Gasteiger partial charge in [0.2, 0.25) is 0 Å². The van der Waals surface area contributed by atoms with Crippen LogP contribution in [0.1, 0.15) is 34.6 Å². The Morgan fingerprint density at radius 2 is 2.00 bits per heavy atom. The number of carbonyl (C=O) groups is 2. The molecule has 0 aromatic heterocycles. The molecule has 5 nitrogen and oxygen atoms in total. The molecular weight excluding hydrogens is 253 g/mol. The van der Waals surface area contributed by atoms with Gasteiger partial charge in [-0.05, 0) is 32.0 Å². The molecule has 104 valence electrons. The molecule has 0 fully saturated rings. The molecule has 1 unspecified atom stereocenters. The van der Waals surface area contributed by atoms with E-state index in [1.807, 2.05) is 0 Å². The molecule has 0 bridgehead atoms. The maximum absolute atomic E-state index is 13.6. The Labute approximate surface area is 110 Å². The van der Waals surface area contributed by atoms with Crippen LogP contribution in [0.4, 0.5) is 4.39 Å². The monoisotopic (exact) mass is 269 g/mol. The number of hydrogen-bond acceptors (Lipinski definition) is 3. The van der Waals surface area contributed by atoms with Gasteiger partial charge in [-0.1, -0.05) is 0 Å². The predicted molar refractivity (Wildman–Crippen MR) is 66.8 cm³/mol. The third-order valence-electron chi connectivity index (χ3n) is 2.90. The van der Waals surface area contributed by atoms with E-state index in [0.717, 1.165) is 12.1 Å². The molecule has 2 atom stereocenters. The van der Waals surface area contributed by atoms with E-state index in [4.69, 9.17) is 9.84 Å². The zero-order valence-electron chi connectivity index (χ0n) is 10.9. The van der Waals surface area contributed by atoms with Crippen molar-refractivity contribution in [2.45, 2.75) is 26.0 Å². The Bertz CT molecular complexity index is 490. The minimum Gasteiger partial charge on any atom is -0.478 e. The Hall–Kier alpha value is -1.95. The van der Waals surface area contributed by atoms with Crippen LogP contribution in [0.15, 0.2) is 18.2 Å². The van der Waals surface area contributed by atoms with E-state index in [1.54, 1.807) is 13.8 Å². The molecule has 1 rings (SSSR count). The summed E-state index contributed by atoms with van der Waals surface area (Å²) in [6.07, 6.45) is -0.217. The van der Waals surface area contributed by atoms with E-state index in [9.17, 15) is 14.0 Å². The number of halogens is 1. The SMILES string of the molecule is COC(C)[C@H](C)NC(=O)c1ccc(C(=O)O)cc1F. The third kappa shape index (κ3) is 3.75. The van der Waals surface area contributed by atoms with Gasteiger partial charge in [-0.15, -0.1) is 0 Å². The normalized spacial score (nSPS) is 13.7. The largest absolute Gasteiger partial charge is 0.478 e. The van der Waals surface area contributed by atoms with Crippen molar-refractivity contribution in [3.63, 3.8) is 0 Å². The fraction of sp³-hybridized carbons (Fsp3) is 0.385. The number of hydrogen-bond donors (Lipinski definition) is 2. The summed E-state index contributed by atoms with van der Waals surface area (Å²) in [6, 6.07) is 2.86. The summed E-state index contributed by atoms with van der Waals surface area (Å²) < 4.78 is 18.7. The Morgan fingerprint density at radius 1 is 1.37 bits per heavy atom. The van der Waals surface area contributed by atoms with Gasteiger partial charge < -0.3 is 15.2 Å². The van der Waals surface area contributed by atoms with Gasteiger partial charge >= 0.3 is 5.97 Å². The molecule has 0 saturated carbocycles. The highest BCUT2D eigenvalue weighted by Gasteiger charge is 2.18. The number of methoxy groups -OCH3 is 1. The fourth-order valence-corrected chi connectivity index (χ4v) is 1.44. The molecule has 1 aromatic carbocycles. The number of rotatable bonds is 5. The number of benzene rings is 1. The van der Waals surface area contributed by atoms with E-state index in [-0.39, 0.29) is 23.3 Å². The molecule has 0 aliphatic heterocycles. The minimum atomic E-state index is -1.24. The van der Waals surface area contributed by atoms with Crippen LogP contribution in [0.5, 0.6) is 0 Å². The first kappa shape index (κ1) is 15.1. The zero-order valence-corrected chi connectivity index (χ0v) is 10.9. The van der Waals surface area contributed by atoms with Crippen LogP contribution in [0.2, 0.25) is 0 Å². The van der Waals surface area contributed by atoms with Crippen molar-refractivity contribution in [2.24, 2.45) is 0 Å². The molecule has 2 N–H and O–H groups in total. The molecule has 1 aromatic rings. The molecule has 0 saturated heterocycles. The van der Waals surface area contributed by atoms with Crippen molar-refractivity contribution in [1.82, 2.24) is 5.32 Å². The van der Waals surface area contributed by atoms with Crippen LogP contribution < -0.4 is 5.32 Å². The maximum Gasteiger partial charge on any atom is 0.335 e. The first-order valence-corrected chi connectivity index (χ1v) is 5.73. The molecule has 0 radical (unpaired) electrons. The number of carbonyl (C=O) groups excluding carboxylic acids is 1. The van der Waals surface area contributed by atoms with Crippen molar-refractivity contribution in [1.29, 1.82) is 0 Å². The van der Waals surface area contributed by atoms with Crippen LogP contribution in [-0.2, 0) is 4.74 Å². The lowest BCUT2D eigenvalue weighted by Crippen LogP contribution is -2.40. The second-order valence-corrected chi connectivity index (χ2v) is 4.20. The third-order valence-corrected chi connectivity index (χ3v) is 2.90. The molecular formula is C13H16FNO4. The number of ether oxygens (including phenoxy) is 1. The predicted octanol–water partition coefficient (Wildman–Crippen LogP) is 1.68. The summed E-state index contributed by atoms with van der Waals surface area (Å²) in [5.74, 6) is -2.72. The molecule has 1 amide bonds. The molecule has 0 aliphatic carbocycles. The van der Waals surface area contributed by atoms with Gasteiger partial charge in [0.25, 0.3) is 5.91 Å². The van der Waals surface area contributed by atoms with Crippen molar-refractivity contribution < 1.29 is 23.8 Å². The van der Waals surface area contributed by atoms with Gasteiger partial charge in [-0.2, -0.15) is 0 Å². The van der Waals surface area contributed by atoms with Gasteiger partial charge in [0.1, 0.15) is 5.82 Å². The van der Waals surface area contributed by atoms with Crippen LogP contribution in [0, 0.1) is 5.82 Å². The van der Waals surface area contributed by atoms with Gasteiger partial charge in [0.15, 0.2) is 0 Å². The summed E-state index contributed by atoms with van der Waals surface area (Å²) in [6.45, 7) is 3.50. The number of aromatic carboxylic acids is 1. The number of nitrogens with one attached hydrogen (secondary N) is 1. The summed E-state index contributed by atoms with van der Waals surface area (Å²) in [5.41, 5.74) is -0.396. The van der Waals surface area contributed by atoms with E-state index in [1.165, 1.54) is 13.2 Å². The molecule has 6 heteroatoms. The fourth-order valence-electron chi connectivity index (χ4n) is 1.44. The standard InChI is InChI=1S/C13H16FNO4/c1-7(8(2)19-3)15-12(16)10-5-4-9(13(17)18)6-11(10)14/h4-8H,1-3H3,(H,15,16)(H,17,18)/t7-,8?/m0/s1.